The van der Waals surface area contributed by atoms with E-state index in [-0.39, 0.29) is 5.71 Å². The summed E-state index contributed by atoms with van der Waals surface area (Å²) in [6, 6.07) is 14.6. The number of esters is 1. The van der Waals surface area contributed by atoms with E-state index in [9.17, 15) is 4.79 Å². The lowest BCUT2D eigenvalue weighted by molar-refractivity contribution is -0.132. The van der Waals surface area contributed by atoms with Crippen molar-refractivity contribution in [1.82, 2.24) is 0 Å². The predicted molar refractivity (Wildman–Crippen MR) is 126 cm³/mol. The van der Waals surface area contributed by atoms with Gasteiger partial charge in [0, 0.05) is 16.7 Å². The molecule has 0 fully saturated rings. The highest BCUT2D eigenvalue weighted by atomic mass is 16.6. The first-order valence-electron chi connectivity index (χ1n) is 10.4. The predicted octanol–water partition coefficient (Wildman–Crippen LogP) is 4.11. The second-order valence-electron chi connectivity index (χ2n) is 6.72. The quantitative estimate of drug-likeness (QED) is 0.271. The highest BCUT2D eigenvalue weighted by Gasteiger charge is 2.22. The Morgan fingerprint density at radius 2 is 1.70 bits per heavy atom. The van der Waals surface area contributed by atoms with Gasteiger partial charge in [0.1, 0.15) is 31.8 Å². The van der Waals surface area contributed by atoms with Crippen LogP contribution in [0.2, 0.25) is 0 Å². The van der Waals surface area contributed by atoms with Crippen molar-refractivity contribution in [3.05, 3.63) is 65.2 Å². The van der Waals surface area contributed by atoms with Gasteiger partial charge in [-0.15, -0.1) is 0 Å². The van der Waals surface area contributed by atoms with Gasteiger partial charge in [-0.05, 0) is 37.6 Å². The third-order valence-corrected chi connectivity index (χ3v) is 4.42. The van der Waals surface area contributed by atoms with Crippen molar-refractivity contribution >= 4 is 23.6 Å². The number of rotatable bonds is 12. The maximum Gasteiger partial charge on any atom is 0.360 e. The van der Waals surface area contributed by atoms with Crippen LogP contribution in [-0.2, 0) is 24.0 Å². The molecule has 1 unspecified atom stereocenters. The van der Waals surface area contributed by atoms with Crippen LogP contribution < -0.4 is 4.74 Å². The van der Waals surface area contributed by atoms with Gasteiger partial charge >= 0.3 is 5.97 Å². The van der Waals surface area contributed by atoms with Crippen LogP contribution in [0, 0.1) is 0 Å². The van der Waals surface area contributed by atoms with Gasteiger partial charge in [0.25, 0.3) is 0 Å². The van der Waals surface area contributed by atoms with Gasteiger partial charge in [-0.1, -0.05) is 46.7 Å². The lowest BCUT2D eigenvalue weighted by Crippen LogP contribution is -2.20. The summed E-state index contributed by atoms with van der Waals surface area (Å²) in [4.78, 5) is 27.5. The Hall–Kier alpha value is -3.88. The molecule has 0 heterocycles. The molecule has 2 aromatic carbocycles. The summed E-state index contributed by atoms with van der Waals surface area (Å²) in [7, 11) is 4.09. The molecule has 2 rings (SSSR count). The molecular weight excluding hydrogens is 426 g/mol. The van der Waals surface area contributed by atoms with Crippen LogP contribution in [0.25, 0.3) is 0 Å². The second-order valence-corrected chi connectivity index (χ2v) is 6.72. The van der Waals surface area contributed by atoms with Gasteiger partial charge in [0.15, 0.2) is 5.71 Å². The van der Waals surface area contributed by atoms with Crippen LogP contribution in [0.5, 0.6) is 5.75 Å². The number of nitrogens with zero attached hydrogens (tertiary/aromatic N) is 3. The Morgan fingerprint density at radius 1 is 1.00 bits per heavy atom. The topological polar surface area (TPSA) is 100 Å². The largest absolute Gasteiger partial charge is 0.494 e. The molecule has 33 heavy (non-hydrogen) atoms. The van der Waals surface area contributed by atoms with Crippen LogP contribution in [0.3, 0.4) is 0 Å². The van der Waals surface area contributed by atoms with Crippen molar-refractivity contribution in [2.24, 2.45) is 15.5 Å². The molecule has 0 saturated carbocycles. The summed E-state index contributed by atoms with van der Waals surface area (Å²) < 4.78 is 10.4. The number of benzene rings is 2. The summed E-state index contributed by atoms with van der Waals surface area (Å²) in [6.45, 7) is 4.50. The smallest absolute Gasteiger partial charge is 0.360 e. The fraction of sp³-hybridized carbons (Fsp3) is 0.333. The summed E-state index contributed by atoms with van der Waals surface area (Å²) >= 11 is 0. The number of hydrogen-bond acceptors (Lipinski definition) is 9. The first-order valence-corrected chi connectivity index (χ1v) is 10.4. The van der Waals surface area contributed by atoms with Gasteiger partial charge in [0.05, 0.1) is 19.9 Å². The molecule has 0 N–H and O–H groups in total. The molecule has 0 aromatic heterocycles. The van der Waals surface area contributed by atoms with Crippen molar-refractivity contribution in [2.75, 3.05) is 27.9 Å². The molecular formula is C24H29N3O6. The van der Waals surface area contributed by atoms with Crippen LogP contribution in [-0.4, -0.2) is 51.5 Å². The van der Waals surface area contributed by atoms with Gasteiger partial charge in [-0.3, -0.25) is 0 Å². The average molecular weight is 456 g/mol. The van der Waals surface area contributed by atoms with E-state index in [1.54, 1.807) is 19.1 Å². The van der Waals surface area contributed by atoms with E-state index < -0.39 is 12.1 Å². The minimum absolute atomic E-state index is 0.0297. The molecule has 1 atom stereocenters. The van der Waals surface area contributed by atoms with Crippen molar-refractivity contribution in [2.45, 2.75) is 26.4 Å². The van der Waals surface area contributed by atoms with E-state index in [1.165, 1.54) is 27.5 Å². The number of ether oxygens (including phenoxy) is 2. The van der Waals surface area contributed by atoms with E-state index >= 15 is 0 Å². The maximum absolute atomic E-state index is 12.1. The van der Waals surface area contributed by atoms with Gasteiger partial charge in [0.2, 0.25) is 0 Å². The third kappa shape index (κ3) is 7.34. The van der Waals surface area contributed by atoms with Crippen molar-refractivity contribution in [3.63, 3.8) is 0 Å². The van der Waals surface area contributed by atoms with E-state index in [0.29, 0.717) is 23.4 Å². The molecule has 0 aliphatic rings. The van der Waals surface area contributed by atoms with Crippen LogP contribution in [0.1, 0.15) is 43.1 Å². The Kier molecular flexibility index (Phi) is 10.4. The van der Waals surface area contributed by atoms with Crippen molar-refractivity contribution in [3.8, 4) is 5.75 Å². The Labute approximate surface area is 193 Å². The second kappa shape index (κ2) is 13.5. The number of hydrogen-bond donors (Lipinski definition) is 0. The summed E-state index contributed by atoms with van der Waals surface area (Å²) in [5.74, 6) is 0.149. The molecule has 0 radical (unpaired) electrons. The molecule has 0 amide bonds. The monoisotopic (exact) mass is 455 g/mol. The zero-order valence-electron chi connectivity index (χ0n) is 19.5. The number of carbonyl (C=O) groups is 1. The molecule has 0 aliphatic carbocycles. The van der Waals surface area contributed by atoms with Gasteiger partial charge in [-0.2, -0.15) is 0 Å². The molecule has 9 heteroatoms. The van der Waals surface area contributed by atoms with E-state index in [0.717, 1.165) is 17.7 Å². The lowest BCUT2D eigenvalue weighted by atomic mass is 9.99. The van der Waals surface area contributed by atoms with Crippen LogP contribution >= 0.6 is 0 Å². The van der Waals surface area contributed by atoms with Crippen LogP contribution in [0.15, 0.2) is 64.0 Å². The first-order chi connectivity index (χ1) is 16.0. The fourth-order valence-corrected chi connectivity index (χ4v) is 2.87. The number of oxime groups is 3. The van der Waals surface area contributed by atoms with Gasteiger partial charge < -0.3 is 24.0 Å². The maximum atomic E-state index is 12.1. The van der Waals surface area contributed by atoms with Gasteiger partial charge in [-0.25, -0.2) is 4.79 Å². The first kappa shape index (κ1) is 25.4. The minimum Gasteiger partial charge on any atom is -0.494 e. The Balaban J connectivity index is 2.19. The third-order valence-electron chi connectivity index (χ3n) is 4.42. The summed E-state index contributed by atoms with van der Waals surface area (Å²) in [5, 5.41) is 11.9. The fourth-order valence-electron chi connectivity index (χ4n) is 2.87. The Morgan fingerprint density at radius 3 is 2.33 bits per heavy atom. The standard InChI is InChI=1S/C24H29N3O6/c1-6-15-32-19-13-11-18(12-14-19)22(26-30-4)16-25-33-17(2)20-9-7-8-10-21(20)23(27-31-5)24(28)29-3/h7-14,16-17H,6,15H2,1-5H3. The van der Waals surface area contributed by atoms with Crippen molar-refractivity contribution in [1.29, 1.82) is 0 Å². The molecule has 176 valence electrons. The van der Waals surface area contributed by atoms with Crippen molar-refractivity contribution < 1.29 is 28.8 Å². The molecule has 0 saturated heterocycles. The summed E-state index contributed by atoms with van der Waals surface area (Å²) in [6.07, 6.45) is 1.87. The van der Waals surface area contributed by atoms with E-state index in [1.807, 2.05) is 43.3 Å². The minimum atomic E-state index is -0.624. The van der Waals surface area contributed by atoms with Crippen LogP contribution in [0.4, 0.5) is 0 Å². The molecule has 9 nitrogen and oxygen atoms in total. The Bertz CT molecular complexity index is 986. The number of methoxy groups -OCH3 is 1. The summed E-state index contributed by atoms with van der Waals surface area (Å²) in [5.41, 5.74) is 2.47. The highest BCUT2D eigenvalue weighted by molar-refractivity contribution is 6.43. The average Bonchev–Trinajstić information content (AvgIpc) is 2.85. The normalized spacial score (nSPS) is 12.9. The molecule has 0 aliphatic heterocycles. The SMILES string of the molecule is CCCOc1ccc(C(C=NOC(C)c2ccccc2C(=NOC)C(=O)OC)=NOC)cc1. The molecule has 0 bridgehead atoms. The highest BCUT2D eigenvalue weighted by Crippen LogP contribution is 2.23. The van der Waals surface area contributed by atoms with E-state index in [2.05, 4.69) is 15.5 Å². The van der Waals surface area contributed by atoms with E-state index in [4.69, 9.17) is 24.0 Å². The zero-order valence-corrected chi connectivity index (χ0v) is 19.5. The molecule has 2 aromatic rings. The molecule has 0 spiro atoms. The zero-order chi connectivity index (χ0) is 24.1. The lowest BCUT2D eigenvalue weighted by Gasteiger charge is -2.15. The number of carbonyl (C=O) groups excluding carboxylic acids is 1.